The highest BCUT2D eigenvalue weighted by Gasteiger charge is 2.25. The van der Waals surface area contributed by atoms with Crippen molar-refractivity contribution in [1.29, 1.82) is 0 Å². The van der Waals surface area contributed by atoms with E-state index in [1.807, 2.05) is 21.1 Å². The number of aliphatic carboxylic acids is 1. The normalized spacial score (nSPS) is 13.3. The molecular weight excluding hydrogens is 815 g/mol. The third kappa shape index (κ3) is 48.7. The minimum atomic E-state index is -1.51. The SMILES string of the molecule is CC/C=C\C/C=C\C/C=C\C/C=C\CCCCCCCCCCCCCCCCCCC(=O)OC(COC(=O)CCCCCCC/C=C\CCCC)COC(OCC[N+](C)(C)C)C(=O)O. The molecule has 0 spiro atoms. The number of esters is 2. The first kappa shape index (κ1) is 62.0. The summed E-state index contributed by atoms with van der Waals surface area (Å²) in [5, 5.41) is 9.66. The standard InChI is InChI=1S/C56H99NO8/c1-6-8-10-12-14-16-18-19-20-21-22-23-24-25-26-27-28-29-30-31-32-33-34-35-37-39-41-43-45-47-54(59)65-52(51-64-56(55(60)61)62-49-48-57(3,4)5)50-63-53(58)46-44-42-40-38-36-17-15-13-11-9-7-2/h8,10,13-16,19-20,22-23,52,56H,6-7,9,11-12,17-18,21,24-51H2,1-5H3/p+1/b10-8-,15-13-,16-14-,20-19-,23-22-. The van der Waals surface area contributed by atoms with Crippen LogP contribution in [0.1, 0.15) is 219 Å². The Morgan fingerprint density at radius 3 is 1.32 bits per heavy atom. The average molecular weight is 915 g/mol. The van der Waals surface area contributed by atoms with Crippen molar-refractivity contribution in [3.63, 3.8) is 0 Å². The predicted octanol–water partition coefficient (Wildman–Crippen LogP) is 14.9. The fourth-order valence-corrected chi connectivity index (χ4v) is 7.16. The number of unbranched alkanes of at least 4 members (excludes halogenated alkanes) is 23. The molecule has 9 heteroatoms. The van der Waals surface area contributed by atoms with Crippen LogP contribution < -0.4 is 0 Å². The highest BCUT2D eigenvalue weighted by molar-refractivity contribution is 5.71. The zero-order valence-corrected chi connectivity index (χ0v) is 42.6. The van der Waals surface area contributed by atoms with Gasteiger partial charge in [0.15, 0.2) is 6.10 Å². The Morgan fingerprint density at radius 2 is 0.877 bits per heavy atom. The first-order chi connectivity index (χ1) is 31.6. The number of carboxylic acids is 1. The molecule has 0 fully saturated rings. The van der Waals surface area contributed by atoms with E-state index in [-0.39, 0.29) is 32.2 Å². The van der Waals surface area contributed by atoms with E-state index >= 15 is 0 Å². The van der Waals surface area contributed by atoms with E-state index in [0.29, 0.717) is 17.4 Å². The van der Waals surface area contributed by atoms with Gasteiger partial charge in [0.05, 0.1) is 34.4 Å². The maximum absolute atomic E-state index is 12.8. The van der Waals surface area contributed by atoms with Crippen molar-refractivity contribution in [3.05, 3.63) is 60.8 Å². The van der Waals surface area contributed by atoms with Gasteiger partial charge in [0.1, 0.15) is 13.2 Å². The summed E-state index contributed by atoms with van der Waals surface area (Å²) in [6, 6.07) is 0. The smallest absolute Gasteiger partial charge is 0.361 e. The number of hydrogen-bond donors (Lipinski definition) is 1. The van der Waals surface area contributed by atoms with E-state index in [2.05, 4.69) is 74.6 Å². The summed E-state index contributed by atoms with van der Waals surface area (Å²) in [6.07, 6.45) is 55.9. The Kier molecular flexibility index (Phi) is 45.3. The highest BCUT2D eigenvalue weighted by Crippen LogP contribution is 2.16. The van der Waals surface area contributed by atoms with Gasteiger partial charge in [-0.25, -0.2) is 4.79 Å². The van der Waals surface area contributed by atoms with Crippen LogP contribution in [0.15, 0.2) is 60.8 Å². The van der Waals surface area contributed by atoms with E-state index in [9.17, 15) is 19.5 Å². The Bertz CT molecular complexity index is 1250. The van der Waals surface area contributed by atoms with Crippen molar-refractivity contribution in [2.24, 2.45) is 0 Å². The lowest BCUT2D eigenvalue weighted by atomic mass is 10.0. The van der Waals surface area contributed by atoms with Crippen LogP contribution in [0.5, 0.6) is 0 Å². The van der Waals surface area contributed by atoms with Crippen LogP contribution in [0.2, 0.25) is 0 Å². The van der Waals surface area contributed by atoms with Gasteiger partial charge < -0.3 is 28.5 Å². The molecule has 376 valence electrons. The van der Waals surface area contributed by atoms with Crippen LogP contribution in [-0.2, 0) is 33.3 Å². The van der Waals surface area contributed by atoms with Crippen LogP contribution in [-0.4, -0.2) is 87.4 Å². The number of carboxylic acid groups (broad SMARTS) is 1. The summed E-state index contributed by atoms with van der Waals surface area (Å²) in [4.78, 5) is 37.2. The van der Waals surface area contributed by atoms with Crippen LogP contribution in [0.4, 0.5) is 0 Å². The Balaban J connectivity index is 4.15. The molecule has 0 aromatic rings. The zero-order valence-electron chi connectivity index (χ0n) is 42.6. The fraction of sp³-hybridized carbons (Fsp3) is 0.768. The minimum absolute atomic E-state index is 0.186. The monoisotopic (exact) mass is 915 g/mol. The largest absolute Gasteiger partial charge is 0.477 e. The molecule has 0 saturated heterocycles. The third-order valence-corrected chi connectivity index (χ3v) is 11.3. The molecule has 2 unspecified atom stereocenters. The second kappa shape index (κ2) is 47.5. The van der Waals surface area contributed by atoms with Gasteiger partial charge in [-0.05, 0) is 70.6 Å². The van der Waals surface area contributed by atoms with Crippen LogP contribution >= 0.6 is 0 Å². The van der Waals surface area contributed by atoms with Crippen LogP contribution in [0, 0.1) is 0 Å². The maximum Gasteiger partial charge on any atom is 0.361 e. The summed E-state index contributed by atoms with van der Waals surface area (Å²) in [5.41, 5.74) is 0. The number of carbonyl (C=O) groups excluding carboxylic acids is 2. The Morgan fingerprint density at radius 1 is 0.477 bits per heavy atom. The number of likely N-dealkylation sites (N-methyl/N-ethyl adjacent to an activating group) is 1. The van der Waals surface area contributed by atoms with Gasteiger partial charge in [0.2, 0.25) is 0 Å². The van der Waals surface area contributed by atoms with Crippen molar-refractivity contribution in [2.75, 3.05) is 47.5 Å². The number of rotatable bonds is 48. The number of ether oxygens (including phenoxy) is 4. The van der Waals surface area contributed by atoms with E-state index in [0.717, 1.165) is 89.9 Å². The van der Waals surface area contributed by atoms with Crippen molar-refractivity contribution < 1.29 is 42.9 Å². The van der Waals surface area contributed by atoms with Gasteiger partial charge in [-0.2, -0.15) is 0 Å². The maximum atomic E-state index is 12.8. The van der Waals surface area contributed by atoms with Gasteiger partial charge in [0, 0.05) is 12.8 Å². The molecule has 0 aromatic heterocycles. The molecule has 0 aliphatic heterocycles. The number of nitrogens with zero attached hydrogens (tertiary/aromatic N) is 1. The molecular formula is C56H100NO8+. The highest BCUT2D eigenvalue weighted by atomic mass is 16.7. The molecule has 0 heterocycles. The lowest BCUT2D eigenvalue weighted by Gasteiger charge is -2.25. The molecule has 0 aliphatic carbocycles. The molecule has 0 amide bonds. The molecule has 2 atom stereocenters. The van der Waals surface area contributed by atoms with Crippen LogP contribution in [0.25, 0.3) is 0 Å². The van der Waals surface area contributed by atoms with Crippen LogP contribution in [0.3, 0.4) is 0 Å². The lowest BCUT2D eigenvalue weighted by molar-refractivity contribution is -0.870. The van der Waals surface area contributed by atoms with Gasteiger partial charge in [0.25, 0.3) is 6.29 Å². The van der Waals surface area contributed by atoms with Gasteiger partial charge in [-0.1, -0.05) is 197 Å². The number of carbonyl (C=O) groups is 3. The van der Waals surface area contributed by atoms with Gasteiger partial charge >= 0.3 is 17.9 Å². The second-order valence-electron chi connectivity index (χ2n) is 18.8. The molecule has 0 rings (SSSR count). The first-order valence-corrected chi connectivity index (χ1v) is 26.5. The average Bonchev–Trinajstić information content (AvgIpc) is 3.27. The Hall–Kier alpha value is -3.01. The quantitative estimate of drug-likeness (QED) is 0.0211. The second-order valence-corrected chi connectivity index (χ2v) is 18.8. The zero-order chi connectivity index (χ0) is 47.7. The van der Waals surface area contributed by atoms with Crippen molar-refractivity contribution in [3.8, 4) is 0 Å². The van der Waals surface area contributed by atoms with E-state index < -0.39 is 24.3 Å². The number of allylic oxidation sites excluding steroid dienone is 10. The van der Waals surface area contributed by atoms with Crippen molar-refractivity contribution in [1.82, 2.24) is 0 Å². The lowest BCUT2D eigenvalue weighted by Crippen LogP contribution is -2.40. The molecule has 0 aromatic carbocycles. The predicted molar refractivity (Wildman–Crippen MR) is 272 cm³/mol. The fourth-order valence-electron chi connectivity index (χ4n) is 7.16. The molecule has 0 saturated carbocycles. The van der Waals surface area contributed by atoms with Gasteiger partial charge in [-0.3, -0.25) is 9.59 Å². The minimum Gasteiger partial charge on any atom is -0.477 e. The molecule has 0 bridgehead atoms. The molecule has 65 heavy (non-hydrogen) atoms. The Labute approximate surface area is 399 Å². The summed E-state index contributed by atoms with van der Waals surface area (Å²) in [7, 11) is 5.96. The summed E-state index contributed by atoms with van der Waals surface area (Å²) in [5.74, 6) is -2.02. The van der Waals surface area contributed by atoms with E-state index in [4.69, 9.17) is 18.9 Å². The summed E-state index contributed by atoms with van der Waals surface area (Å²) >= 11 is 0. The van der Waals surface area contributed by atoms with Gasteiger partial charge in [-0.15, -0.1) is 0 Å². The number of quaternary nitrogens is 1. The topological polar surface area (TPSA) is 108 Å². The first-order valence-electron chi connectivity index (χ1n) is 26.5. The summed E-state index contributed by atoms with van der Waals surface area (Å²) < 4.78 is 22.8. The summed E-state index contributed by atoms with van der Waals surface area (Å²) in [6.45, 7) is 4.72. The molecule has 0 aliphatic rings. The van der Waals surface area contributed by atoms with Crippen molar-refractivity contribution >= 4 is 17.9 Å². The third-order valence-electron chi connectivity index (χ3n) is 11.3. The molecule has 1 N–H and O–H groups in total. The van der Waals surface area contributed by atoms with E-state index in [1.54, 1.807) is 0 Å². The van der Waals surface area contributed by atoms with E-state index in [1.165, 1.54) is 103 Å². The molecule has 0 radical (unpaired) electrons. The number of hydrogen-bond acceptors (Lipinski definition) is 7. The molecule has 9 nitrogen and oxygen atoms in total. The van der Waals surface area contributed by atoms with Crippen molar-refractivity contribution in [2.45, 2.75) is 232 Å².